The van der Waals surface area contributed by atoms with Crippen molar-refractivity contribution in [2.24, 2.45) is 5.73 Å². The molecule has 2 aromatic rings. The van der Waals surface area contributed by atoms with Crippen molar-refractivity contribution >= 4 is 16.8 Å². The number of aromatic amines is 1. The summed E-state index contributed by atoms with van der Waals surface area (Å²) >= 11 is 0. The Balaban J connectivity index is 2.81. The highest BCUT2D eigenvalue weighted by molar-refractivity contribution is 6.01. The number of benzene rings is 1. The van der Waals surface area contributed by atoms with Crippen molar-refractivity contribution < 1.29 is 9.53 Å². The topological polar surface area (TPSA) is 68.1 Å². The minimum Gasteiger partial charge on any atom is -0.497 e. The fraction of sp³-hybridized carbons (Fsp3) is 0.250. The van der Waals surface area contributed by atoms with Crippen molar-refractivity contribution in [2.45, 2.75) is 13.8 Å². The Morgan fingerprint density at radius 2 is 2.06 bits per heavy atom. The van der Waals surface area contributed by atoms with Gasteiger partial charge in [-0.05, 0) is 37.1 Å². The third-order valence-electron chi connectivity index (χ3n) is 2.82. The molecule has 0 aliphatic rings. The van der Waals surface area contributed by atoms with Gasteiger partial charge < -0.3 is 15.5 Å². The normalized spacial score (nSPS) is 10.7. The molecule has 1 amide bonds. The summed E-state index contributed by atoms with van der Waals surface area (Å²) in [5, 5.41) is 0.977. The lowest BCUT2D eigenvalue weighted by molar-refractivity contribution is 0.0996. The minimum absolute atomic E-state index is 0.438. The molecule has 0 saturated heterocycles. The second kappa shape index (κ2) is 3.56. The zero-order valence-corrected chi connectivity index (χ0v) is 9.55. The van der Waals surface area contributed by atoms with Crippen molar-refractivity contribution in [3.8, 4) is 5.75 Å². The van der Waals surface area contributed by atoms with Gasteiger partial charge in [-0.25, -0.2) is 0 Å². The van der Waals surface area contributed by atoms with Crippen LogP contribution in [0.2, 0.25) is 0 Å². The average molecular weight is 218 g/mol. The minimum atomic E-state index is -0.438. The maximum Gasteiger partial charge on any atom is 0.265 e. The lowest BCUT2D eigenvalue weighted by atomic mass is 10.1. The number of hydrogen-bond acceptors (Lipinski definition) is 2. The van der Waals surface area contributed by atoms with Gasteiger partial charge in [-0.1, -0.05) is 0 Å². The van der Waals surface area contributed by atoms with E-state index in [-0.39, 0.29) is 0 Å². The standard InChI is InChI=1S/C12H14N2O2/c1-6-4-8(16-3)5-9-7(2)11(12(13)15)14-10(6)9/h4-5,14H,1-3H3,(H2,13,15). The van der Waals surface area contributed by atoms with Crippen molar-refractivity contribution in [3.05, 3.63) is 29.0 Å². The van der Waals surface area contributed by atoms with E-state index < -0.39 is 5.91 Å². The highest BCUT2D eigenvalue weighted by Gasteiger charge is 2.14. The van der Waals surface area contributed by atoms with Crippen LogP contribution in [0.15, 0.2) is 12.1 Å². The number of carbonyl (C=O) groups is 1. The molecule has 0 unspecified atom stereocenters. The number of carbonyl (C=O) groups excluding carboxylic acids is 1. The highest BCUT2D eigenvalue weighted by atomic mass is 16.5. The summed E-state index contributed by atoms with van der Waals surface area (Å²) in [5.74, 6) is 0.343. The second-order valence-electron chi connectivity index (χ2n) is 3.86. The number of primary amides is 1. The number of aromatic nitrogens is 1. The molecule has 4 heteroatoms. The molecule has 0 radical (unpaired) electrons. The average Bonchev–Trinajstić information content (AvgIpc) is 2.57. The molecule has 1 aromatic heterocycles. The predicted octanol–water partition coefficient (Wildman–Crippen LogP) is 1.89. The number of methoxy groups -OCH3 is 1. The van der Waals surface area contributed by atoms with Crippen LogP contribution in [0.1, 0.15) is 21.6 Å². The highest BCUT2D eigenvalue weighted by Crippen LogP contribution is 2.28. The molecule has 0 aliphatic carbocycles. The second-order valence-corrected chi connectivity index (χ2v) is 3.86. The smallest absolute Gasteiger partial charge is 0.265 e. The number of H-pyrrole nitrogens is 1. The molecular weight excluding hydrogens is 204 g/mol. The Labute approximate surface area is 93.4 Å². The first-order valence-electron chi connectivity index (χ1n) is 5.01. The van der Waals surface area contributed by atoms with Crippen LogP contribution < -0.4 is 10.5 Å². The molecule has 3 N–H and O–H groups in total. The van der Waals surface area contributed by atoms with Crippen molar-refractivity contribution in [3.63, 3.8) is 0 Å². The molecule has 0 saturated carbocycles. The van der Waals surface area contributed by atoms with E-state index in [2.05, 4.69) is 4.98 Å². The number of nitrogens with two attached hydrogens (primary N) is 1. The molecular formula is C12H14N2O2. The molecule has 1 aromatic carbocycles. The van der Waals surface area contributed by atoms with E-state index in [9.17, 15) is 4.79 Å². The molecule has 0 fully saturated rings. The van der Waals surface area contributed by atoms with Gasteiger partial charge >= 0.3 is 0 Å². The van der Waals surface area contributed by atoms with Crippen LogP contribution in [-0.4, -0.2) is 18.0 Å². The molecule has 1 heterocycles. The number of fused-ring (bicyclic) bond motifs is 1. The molecule has 16 heavy (non-hydrogen) atoms. The van der Waals surface area contributed by atoms with Gasteiger partial charge in [0.15, 0.2) is 0 Å². The third-order valence-corrected chi connectivity index (χ3v) is 2.82. The first-order chi connectivity index (χ1) is 7.54. The van der Waals surface area contributed by atoms with Crippen LogP contribution >= 0.6 is 0 Å². The summed E-state index contributed by atoms with van der Waals surface area (Å²) in [7, 11) is 1.62. The van der Waals surface area contributed by atoms with Crippen LogP contribution in [0, 0.1) is 13.8 Å². The fourth-order valence-electron chi connectivity index (χ4n) is 1.93. The van der Waals surface area contributed by atoms with Crippen LogP contribution in [0.5, 0.6) is 5.75 Å². The zero-order chi connectivity index (χ0) is 11.9. The maximum absolute atomic E-state index is 11.2. The van der Waals surface area contributed by atoms with E-state index in [1.807, 2.05) is 26.0 Å². The van der Waals surface area contributed by atoms with E-state index in [1.54, 1.807) is 7.11 Å². The lowest BCUT2D eigenvalue weighted by Gasteiger charge is -2.02. The largest absolute Gasteiger partial charge is 0.497 e. The van der Waals surface area contributed by atoms with Gasteiger partial charge in [0, 0.05) is 10.9 Å². The monoisotopic (exact) mass is 218 g/mol. The van der Waals surface area contributed by atoms with Gasteiger partial charge in [0.1, 0.15) is 11.4 Å². The van der Waals surface area contributed by atoms with Gasteiger partial charge in [0.2, 0.25) is 0 Å². The lowest BCUT2D eigenvalue weighted by Crippen LogP contribution is -2.12. The SMILES string of the molecule is COc1cc(C)c2[nH]c(C(N)=O)c(C)c2c1. The van der Waals surface area contributed by atoms with Crippen molar-refractivity contribution in [1.82, 2.24) is 4.98 Å². The Kier molecular flexibility index (Phi) is 2.34. The number of aryl methyl sites for hydroxylation is 2. The molecule has 0 atom stereocenters. The quantitative estimate of drug-likeness (QED) is 0.808. The van der Waals surface area contributed by atoms with Crippen LogP contribution in [-0.2, 0) is 0 Å². The number of ether oxygens (including phenoxy) is 1. The Morgan fingerprint density at radius 1 is 1.38 bits per heavy atom. The molecule has 0 bridgehead atoms. The van der Waals surface area contributed by atoms with Crippen LogP contribution in [0.3, 0.4) is 0 Å². The molecule has 84 valence electrons. The Morgan fingerprint density at radius 3 is 2.62 bits per heavy atom. The number of hydrogen-bond donors (Lipinski definition) is 2. The first-order valence-corrected chi connectivity index (χ1v) is 5.01. The summed E-state index contributed by atoms with van der Waals surface area (Å²) < 4.78 is 5.20. The van der Waals surface area contributed by atoms with Crippen molar-refractivity contribution in [1.29, 1.82) is 0 Å². The summed E-state index contributed by atoms with van der Waals surface area (Å²) in [4.78, 5) is 14.3. The van der Waals surface area contributed by atoms with Gasteiger partial charge in [-0.2, -0.15) is 0 Å². The Hall–Kier alpha value is -1.97. The zero-order valence-electron chi connectivity index (χ0n) is 9.55. The van der Waals surface area contributed by atoms with Crippen molar-refractivity contribution in [2.75, 3.05) is 7.11 Å². The van der Waals surface area contributed by atoms with E-state index in [1.165, 1.54) is 0 Å². The summed E-state index contributed by atoms with van der Waals surface area (Å²) in [6, 6.07) is 3.82. The van der Waals surface area contributed by atoms with Crippen LogP contribution in [0.25, 0.3) is 10.9 Å². The van der Waals surface area contributed by atoms with Gasteiger partial charge in [0.25, 0.3) is 5.91 Å². The van der Waals surface area contributed by atoms with Crippen LogP contribution in [0.4, 0.5) is 0 Å². The van der Waals surface area contributed by atoms with E-state index in [0.29, 0.717) is 5.69 Å². The number of rotatable bonds is 2. The number of amides is 1. The van der Waals surface area contributed by atoms with E-state index in [4.69, 9.17) is 10.5 Å². The van der Waals surface area contributed by atoms with Gasteiger partial charge in [-0.15, -0.1) is 0 Å². The third kappa shape index (κ3) is 1.43. The summed E-state index contributed by atoms with van der Waals surface area (Å²) in [6.45, 7) is 3.84. The van der Waals surface area contributed by atoms with Gasteiger partial charge in [0.05, 0.1) is 7.11 Å². The molecule has 4 nitrogen and oxygen atoms in total. The summed E-state index contributed by atoms with van der Waals surface area (Å²) in [5.41, 5.74) is 8.60. The molecule has 0 spiro atoms. The first kappa shape index (κ1) is 10.5. The number of nitrogens with one attached hydrogen (secondary N) is 1. The summed E-state index contributed by atoms with van der Waals surface area (Å²) in [6.07, 6.45) is 0. The maximum atomic E-state index is 11.2. The predicted molar refractivity (Wildman–Crippen MR) is 62.8 cm³/mol. The van der Waals surface area contributed by atoms with E-state index >= 15 is 0 Å². The molecule has 2 rings (SSSR count). The fourth-order valence-corrected chi connectivity index (χ4v) is 1.93. The molecule has 0 aliphatic heterocycles. The van der Waals surface area contributed by atoms with Gasteiger partial charge in [-0.3, -0.25) is 4.79 Å². The van der Waals surface area contributed by atoms with E-state index in [0.717, 1.165) is 27.8 Å². The Bertz CT molecular complexity index is 570.